The van der Waals surface area contributed by atoms with Crippen LogP contribution in [0.4, 0.5) is 0 Å². The summed E-state index contributed by atoms with van der Waals surface area (Å²) >= 11 is 0. The summed E-state index contributed by atoms with van der Waals surface area (Å²) in [6.07, 6.45) is 1.65. The Morgan fingerprint density at radius 2 is 2.00 bits per heavy atom. The predicted molar refractivity (Wildman–Crippen MR) is 60.8 cm³/mol. The van der Waals surface area contributed by atoms with E-state index in [1.165, 1.54) is 7.05 Å². The first-order valence-electron chi connectivity index (χ1n) is 5.42. The van der Waals surface area contributed by atoms with E-state index in [1.54, 1.807) is 4.90 Å². The monoisotopic (exact) mass is 231 g/mol. The van der Waals surface area contributed by atoms with Gasteiger partial charge in [0.15, 0.2) is 0 Å². The van der Waals surface area contributed by atoms with E-state index < -0.39 is 5.97 Å². The molecule has 1 aliphatic heterocycles. The lowest BCUT2D eigenvalue weighted by molar-refractivity contribution is -0.137. The number of hydrogen-bond acceptors (Lipinski definition) is 4. The Kier molecular flexibility index (Phi) is 7.49. The Bertz CT molecular complexity index is 233. The Morgan fingerprint density at radius 1 is 1.38 bits per heavy atom. The third kappa shape index (κ3) is 5.67. The number of carbonyl (C=O) groups excluding carboxylic acids is 1. The van der Waals surface area contributed by atoms with Crippen molar-refractivity contribution < 1.29 is 14.7 Å². The number of nitrogens with zero attached hydrogens (tertiary/aromatic N) is 1. The lowest BCUT2D eigenvalue weighted by atomic mass is 10.2. The van der Waals surface area contributed by atoms with Crippen molar-refractivity contribution in [3.05, 3.63) is 0 Å². The molecular weight excluding hydrogens is 210 g/mol. The molecule has 0 radical (unpaired) electrons. The standard InChI is InChI=1S/C9H16N2O3.CH5N/c10-7-4-5-11(6-7)8(12)2-1-3-9(13)14;1-2/h7H,1-6,10H2,(H,13,14);2H2,1H3. The highest BCUT2D eigenvalue weighted by Gasteiger charge is 2.22. The lowest BCUT2D eigenvalue weighted by Gasteiger charge is -2.14. The van der Waals surface area contributed by atoms with Crippen molar-refractivity contribution in [3.63, 3.8) is 0 Å². The van der Waals surface area contributed by atoms with Gasteiger partial charge in [-0.3, -0.25) is 9.59 Å². The minimum absolute atomic E-state index is 0.0270. The van der Waals surface area contributed by atoms with Gasteiger partial charge in [0, 0.05) is 32.0 Å². The van der Waals surface area contributed by atoms with E-state index in [-0.39, 0.29) is 18.4 Å². The molecule has 1 unspecified atom stereocenters. The third-order valence-corrected chi connectivity index (χ3v) is 2.36. The largest absolute Gasteiger partial charge is 0.481 e. The SMILES string of the molecule is CN.NC1CCN(C(=O)CCCC(=O)O)C1. The van der Waals surface area contributed by atoms with Gasteiger partial charge in [0.1, 0.15) is 0 Å². The minimum atomic E-state index is -0.851. The number of amides is 1. The second-order valence-corrected chi connectivity index (χ2v) is 3.64. The van der Waals surface area contributed by atoms with Crippen LogP contribution in [0.2, 0.25) is 0 Å². The summed E-state index contributed by atoms with van der Waals surface area (Å²) in [6.45, 7) is 1.33. The molecular formula is C10H21N3O3. The summed E-state index contributed by atoms with van der Waals surface area (Å²) in [4.78, 5) is 23.4. The number of rotatable bonds is 4. The van der Waals surface area contributed by atoms with Gasteiger partial charge in [-0.15, -0.1) is 0 Å². The minimum Gasteiger partial charge on any atom is -0.481 e. The second-order valence-electron chi connectivity index (χ2n) is 3.64. The zero-order chi connectivity index (χ0) is 12.6. The van der Waals surface area contributed by atoms with Crippen LogP contribution in [0.3, 0.4) is 0 Å². The van der Waals surface area contributed by atoms with Gasteiger partial charge < -0.3 is 21.5 Å². The zero-order valence-corrected chi connectivity index (χ0v) is 9.69. The smallest absolute Gasteiger partial charge is 0.303 e. The summed E-state index contributed by atoms with van der Waals surface area (Å²) in [5.41, 5.74) is 10.2. The normalized spacial score (nSPS) is 18.9. The summed E-state index contributed by atoms with van der Waals surface area (Å²) in [5, 5.41) is 8.39. The van der Waals surface area contributed by atoms with E-state index >= 15 is 0 Å². The maximum atomic E-state index is 11.4. The van der Waals surface area contributed by atoms with Crippen molar-refractivity contribution in [3.8, 4) is 0 Å². The highest BCUT2D eigenvalue weighted by molar-refractivity contribution is 5.77. The zero-order valence-electron chi connectivity index (χ0n) is 9.69. The van der Waals surface area contributed by atoms with Crippen molar-refractivity contribution in [2.75, 3.05) is 20.1 Å². The quantitative estimate of drug-likeness (QED) is 0.597. The molecule has 0 aromatic rings. The molecule has 1 fully saturated rings. The van der Waals surface area contributed by atoms with Crippen molar-refractivity contribution in [1.82, 2.24) is 4.90 Å². The number of carboxylic acids is 1. The average molecular weight is 231 g/mol. The van der Waals surface area contributed by atoms with Gasteiger partial charge in [-0.25, -0.2) is 0 Å². The molecule has 1 aliphatic rings. The molecule has 0 bridgehead atoms. The fourth-order valence-electron chi connectivity index (χ4n) is 1.56. The van der Waals surface area contributed by atoms with Gasteiger partial charge in [0.05, 0.1) is 0 Å². The lowest BCUT2D eigenvalue weighted by Crippen LogP contribution is -2.31. The topological polar surface area (TPSA) is 110 Å². The number of aliphatic carboxylic acids is 1. The average Bonchev–Trinajstić information content (AvgIpc) is 2.67. The van der Waals surface area contributed by atoms with Crippen molar-refractivity contribution in [2.45, 2.75) is 31.7 Å². The molecule has 1 saturated heterocycles. The van der Waals surface area contributed by atoms with Gasteiger partial charge in [-0.05, 0) is 19.9 Å². The van der Waals surface area contributed by atoms with E-state index in [9.17, 15) is 9.59 Å². The van der Waals surface area contributed by atoms with E-state index in [4.69, 9.17) is 10.8 Å². The van der Waals surface area contributed by atoms with E-state index in [0.29, 0.717) is 25.9 Å². The number of carbonyl (C=O) groups is 2. The predicted octanol–water partition coefficient (Wildman–Crippen LogP) is -0.624. The summed E-state index contributed by atoms with van der Waals surface area (Å²) in [6, 6.07) is 0.0958. The van der Waals surface area contributed by atoms with Gasteiger partial charge in [0.2, 0.25) is 5.91 Å². The van der Waals surface area contributed by atoms with E-state index in [2.05, 4.69) is 5.73 Å². The van der Waals surface area contributed by atoms with Crippen LogP contribution in [0.15, 0.2) is 0 Å². The van der Waals surface area contributed by atoms with E-state index in [0.717, 1.165) is 6.42 Å². The van der Waals surface area contributed by atoms with Crippen molar-refractivity contribution in [1.29, 1.82) is 0 Å². The Hall–Kier alpha value is -1.14. The molecule has 0 saturated carbocycles. The maximum Gasteiger partial charge on any atom is 0.303 e. The molecule has 5 N–H and O–H groups in total. The summed E-state index contributed by atoms with van der Waals surface area (Å²) in [7, 11) is 1.50. The van der Waals surface area contributed by atoms with Crippen molar-refractivity contribution >= 4 is 11.9 Å². The molecule has 1 rings (SSSR count). The fraction of sp³-hybridized carbons (Fsp3) is 0.800. The number of likely N-dealkylation sites (tertiary alicyclic amines) is 1. The molecule has 0 aliphatic carbocycles. The van der Waals surface area contributed by atoms with Crippen molar-refractivity contribution in [2.24, 2.45) is 11.5 Å². The van der Waals surface area contributed by atoms with Gasteiger partial charge >= 0.3 is 5.97 Å². The molecule has 1 amide bonds. The number of nitrogens with two attached hydrogens (primary N) is 2. The first-order chi connectivity index (χ1) is 7.59. The van der Waals surface area contributed by atoms with Crippen LogP contribution in [-0.4, -0.2) is 48.1 Å². The van der Waals surface area contributed by atoms with Crippen LogP contribution < -0.4 is 11.5 Å². The maximum absolute atomic E-state index is 11.4. The Morgan fingerprint density at radius 3 is 2.44 bits per heavy atom. The molecule has 0 aromatic carbocycles. The van der Waals surface area contributed by atoms with Gasteiger partial charge in [0.25, 0.3) is 0 Å². The fourth-order valence-corrected chi connectivity index (χ4v) is 1.56. The van der Waals surface area contributed by atoms with E-state index in [1.807, 2.05) is 0 Å². The molecule has 6 heteroatoms. The van der Waals surface area contributed by atoms with Crippen LogP contribution >= 0.6 is 0 Å². The van der Waals surface area contributed by atoms with Crippen LogP contribution in [-0.2, 0) is 9.59 Å². The molecule has 1 atom stereocenters. The second kappa shape index (κ2) is 8.06. The highest BCUT2D eigenvalue weighted by atomic mass is 16.4. The Balaban J connectivity index is 0.00000106. The first kappa shape index (κ1) is 14.9. The van der Waals surface area contributed by atoms with Gasteiger partial charge in [-0.2, -0.15) is 0 Å². The third-order valence-electron chi connectivity index (χ3n) is 2.36. The Labute approximate surface area is 95.6 Å². The summed E-state index contributed by atoms with van der Waals surface area (Å²) < 4.78 is 0. The molecule has 0 aromatic heterocycles. The molecule has 94 valence electrons. The number of carboxylic acid groups (broad SMARTS) is 1. The molecule has 1 heterocycles. The van der Waals surface area contributed by atoms with Crippen LogP contribution in [0.1, 0.15) is 25.7 Å². The molecule has 0 spiro atoms. The molecule has 16 heavy (non-hydrogen) atoms. The van der Waals surface area contributed by atoms with Gasteiger partial charge in [-0.1, -0.05) is 0 Å². The van der Waals surface area contributed by atoms with Crippen LogP contribution in [0, 0.1) is 0 Å². The van der Waals surface area contributed by atoms with Crippen LogP contribution in [0.5, 0.6) is 0 Å². The summed E-state index contributed by atoms with van der Waals surface area (Å²) in [5.74, 6) is -0.824. The first-order valence-corrected chi connectivity index (χ1v) is 5.42. The highest BCUT2D eigenvalue weighted by Crippen LogP contribution is 2.10. The number of hydrogen-bond donors (Lipinski definition) is 3. The van der Waals surface area contributed by atoms with Crippen LogP contribution in [0.25, 0.3) is 0 Å². The molecule has 6 nitrogen and oxygen atoms in total.